The number of thioether (sulfide) groups is 1. The average Bonchev–Trinajstić information content (AvgIpc) is 3.06. The van der Waals surface area contributed by atoms with Crippen LogP contribution in [0.4, 0.5) is 5.13 Å². The summed E-state index contributed by atoms with van der Waals surface area (Å²) in [4.78, 5) is 23.4. The number of ether oxygens (including phenoxy) is 1. The molecule has 0 unspecified atom stereocenters. The first-order chi connectivity index (χ1) is 12.6. The molecule has 0 aliphatic heterocycles. The first-order valence-electron chi connectivity index (χ1n) is 9.24. The Balaban J connectivity index is 1.63. The molecule has 0 bridgehead atoms. The van der Waals surface area contributed by atoms with E-state index in [0.717, 1.165) is 22.3 Å². The molecule has 1 aliphatic rings. The molecular formula is C17H28N4O3S2. The fraction of sp³-hybridized carbons (Fsp3) is 0.765. The number of aromatic nitrogens is 2. The Bertz CT molecular complexity index is 576. The molecule has 1 aromatic rings. The first-order valence-corrected chi connectivity index (χ1v) is 11.0. The third kappa shape index (κ3) is 7.90. The van der Waals surface area contributed by atoms with Gasteiger partial charge in [0, 0.05) is 12.1 Å². The standard InChI is InChI=1S/C17H28N4O3S2/c1-3-7-12(2)18-14(22)10-24-15(23)11-25-17-21-20-16(26-17)19-13-8-5-4-6-9-13/h12-13H,3-11H2,1-2H3,(H,18,22)(H,19,20)/t12-/m1/s1. The SMILES string of the molecule is CCC[C@@H](C)NC(=O)COC(=O)CSc1nnc(NC2CCCCC2)s1. The van der Waals surface area contributed by atoms with Gasteiger partial charge in [-0.1, -0.05) is 55.7 Å². The molecule has 0 aromatic carbocycles. The molecular weight excluding hydrogens is 372 g/mol. The predicted octanol–water partition coefficient (Wildman–Crippen LogP) is 3.22. The molecule has 1 aliphatic carbocycles. The second kappa shape index (κ2) is 11.4. The van der Waals surface area contributed by atoms with Gasteiger partial charge in [0.2, 0.25) is 5.13 Å². The van der Waals surface area contributed by atoms with Gasteiger partial charge in [0.25, 0.3) is 5.91 Å². The lowest BCUT2D eigenvalue weighted by atomic mass is 9.96. The van der Waals surface area contributed by atoms with E-state index in [1.54, 1.807) is 0 Å². The Morgan fingerprint density at radius 2 is 2.08 bits per heavy atom. The van der Waals surface area contributed by atoms with Crippen molar-refractivity contribution in [3.05, 3.63) is 0 Å². The first kappa shape index (κ1) is 21.0. The zero-order valence-electron chi connectivity index (χ0n) is 15.5. The van der Waals surface area contributed by atoms with Crippen molar-refractivity contribution in [1.29, 1.82) is 0 Å². The van der Waals surface area contributed by atoms with E-state index in [9.17, 15) is 9.59 Å². The lowest BCUT2D eigenvalue weighted by Gasteiger charge is -2.21. The predicted molar refractivity (Wildman–Crippen MR) is 105 cm³/mol. The molecule has 1 heterocycles. The van der Waals surface area contributed by atoms with Crippen molar-refractivity contribution in [2.75, 3.05) is 17.7 Å². The lowest BCUT2D eigenvalue weighted by molar-refractivity contribution is -0.146. The highest BCUT2D eigenvalue weighted by molar-refractivity contribution is 8.01. The number of carbonyl (C=O) groups excluding carboxylic acids is 2. The van der Waals surface area contributed by atoms with E-state index < -0.39 is 5.97 Å². The topological polar surface area (TPSA) is 93.2 Å². The van der Waals surface area contributed by atoms with Gasteiger partial charge in [-0.05, 0) is 26.2 Å². The van der Waals surface area contributed by atoms with Gasteiger partial charge in [0.1, 0.15) is 0 Å². The van der Waals surface area contributed by atoms with Crippen LogP contribution in [0.5, 0.6) is 0 Å². The van der Waals surface area contributed by atoms with E-state index in [1.807, 2.05) is 6.92 Å². The van der Waals surface area contributed by atoms with E-state index in [0.29, 0.717) is 6.04 Å². The maximum atomic E-state index is 11.8. The van der Waals surface area contributed by atoms with Crippen molar-refractivity contribution in [2.24, 2.45) is 0 Å². The Morgan fingerprint density at radius 1 is 1.31 bits per heavy atom. The minimum atomic E-state index is -0.426. The third-order valence-electron chi connectivity index (χ3n) is 4.15. The van der Waals surface area contributed by atoms with Crippen LogP contribution < -0.4 is 10.6 Å². The molecule has 0 spiro atoms. The number of nitrogens with zero attached hydrogens (tertiary/aromatic N) is 2. The van der Waals surface area contributed by atoms with Crippen LogP contribution in [0, 0.1) is 0 Å². The fourth-order valence-electron chi connectivity index (χ4n) is 2.88. The Hall–Kier alpha value is -1.35. The van der Waals surface area contributed by atoms with E-state index >= 15 is 0 Å². The third-order valence-corrected chi connectivity index (χ3v) is 6.11. The highest BCUT2D eigenvalue weighted by atomic mass is 32.2. The number of hydrogen-bond donors (Lipinski definition) is 2. The van der Waals surface area contributed by atoms with Crippen molar-refractivity contribution in [2.45, 2.75) is 75.2 Å². The van der Waals surface area contributed by atoms with Gasteiger partial charge in [0.15, 0.2) is 10.9 Å². The quantitative estimate of drug-likeness (QED) is 0.460. The van der Waals surface area contributed by atoms with Gasteiger partial charge >= 0.3 is 5.97 Å². The molecule has 7 nitrogen and oxygen atoms in total. The number of carbonyl (C=O) groups is 2. The zero-order valence-corrected chi connectivity index (χ0v) is 17.1. The van der Waals surface area contributed by atoms with Crippen molar-refractivity contribution in [1.82, 2.24) is 15.5 Å². The second-order valence-electron chi connectivity index (χ2n) is 6.56. The van der Waals surface area contributed by atoms with Crippen molar-refractivity contribution in [3.63, 3.8) is 0 Å². The molecule has 1 atom stereocenters. The van der Waals surface area contributed by atoms with Crippen molar-refractivity contribution >= 4 is 40.1 Å². The van der Waals surface area contributed by atoms with Crippen LogP contribution in [0.1, 0.15) is 58.8 Å². The number of amides is 1. The Kier molecular flexibility index (Phi) is 9.17. The zero-order chi connectivity index (χ0) is 18.8. The molecule has 146 valence electrons. The highest BCUT2D eigenvalue weighted by Gasteiger charge is 2.16. The smallest absolute Gasteiger partial charge is 0.316 e. The van der Waals surface area contributed by atoms with Gasteiger partial charge < -0.3 is 15.4 Å². The summed E-state index contributed by atoms with van der Waals surface area (Å²) < 4.78 is 5.73. The maximum Gasteiger partial charge on any atom is 0.316 e. The summed E-state index contributed by atoms with van der Waals surface area (Å²) in [5.41, 5.74) is 0. The molecule has 1 saturated carbocycles. The summed E-state index contributed by atoms with van der Waals surface area (Å²) in [5, 5.41) is 15.2. The lowest BCUT2D eigenvalue weighted by Crippen LogP contribution is -2.35. The molecule has 9 heteroatoms. The van der Waals surface area contributed by atoms with E-state index in [2.05, 4.69) is 27.8 Å². The number of rotatable bonds is 10. The monoisotopic (exact) mass is 400 g/mol. The number of esters is 1. The van der Waals surface area contributed by atoms with E-state index in [1.165, 1.54) is 55.2 Å². The average molecular weight is 401 g/mol. The Labute approximate surface area is 163 Å². The number of anilines is 1. The fourth-order valence-corrected chi connectivity index (χ4v) is 4.50. The molecule has 0 radical (unpaired) electrons. The minimum absolute atomic E-state index is 0.0945. The van der Waals surface area contributed by atoms with E-state index in [-0.39, 0.29) is 24.3 Å². The van der Waals surface area contributed by atoms with Gasteiger partial charge in [-0.3, -0.25) is 9.59 Å². The number of hydrogen-bond acceptors (Lipinski definition) is 8. The molecule has 1 aromatic heterocycles. The molecule has 1 fully saturated rings. The van der Waals surface area contributed by atoms with Gasteiger partial charge in [-0.2, -0.15) is 0 Å². The van der Waals surface area contributed by atoms with Crippen LogP contribution in [0.2, 0.25) is 0 Å². The van der Waals surface area contributed by atoms with E-state index in [4.69, 9.17) is 4.74 Å². The summed E-state index contributed by atoms with van der Waals surface area (Å²) in [6.07, 6.45) is 8.08. The highest BCUT2D eigenvalue weighted by Crippen LogP contribution is 2.28. The maximum absolute atomic E-state index is 11.8. The summed E-state index contributed by atoms with van der Waals surface area (Å²) in [6, 6.07) is 0.574. The van der Waals surface area contributed by atoms with Crippen LogP contribution in [-0.2, 0) is 14.3 Å². The summed E-state index contributed by atoms with van der Waals surface area (Å²) in [5.74, 6) is -0.569. The largest absolute Gasteiger partial charge is 0.455 e. The normalized spacial score (nSPS) is 16.1. The van der Waals surface area contributed by atoms with Crippen LogP contribution in [-0.4, -0.2) is 46.5 Å². The molecule has 0 saturated heterocycles. The minimum Gasteiger partial charge on any atom is -0.455 e. The molecule has 2 N–H and O–H groups in total. The molecule has 1 amide bonds. The molecule has 26 heavy (non-hydrogen) atoms. The van der Waals surface area contributed by atoms with Crippen molar-refractivity contribution < 1.29 is 14.3 Å². The molecule has 2 rings (SSSR count). The van der Waals surface area contributed by atoms with Crippen LogP contribution in [0.3, 0.4) is 0 Å². The Morgan fingerprint density at radius 3 is 2.81 bits per heavy atom. The van der Waals surface area contributed by atoms with Gasteiger partial charge in [-0.25, -0.2) is 0 Å². The van der Waals surface area contributed by atoms with Crippen molar-refractivity contribution in [3.8, 4) is 0 Å². The summed E-state index contributed by atoms with van der Waals surface area (Å²) in [7, 11) is 0. The van der Waals surface area contributed by atoms with Gasteiger partial charge in [0.05, 0.1) is 5.75 Å². The second-order valence-corrected chi connectivity index (χ2v) is 8.76. The van der Waals surface area contributed by atoms with Crippen LogP contribution in [0.15, 0.2) is 4.34 Å². The summed E-state index contributed by atoms with van der Waals surface area (Å²) in [6.45, 7) is 3.76. The van der Waals surface area contributed by atoms with Crippen LogP contribution in [0.25, 0.3) is 0 Å². The van der Waals surface area contributed by atoms with Gasteiger partial charge in [-0.15, -0.1) is 10.2 Å². The number of nitrogens with one attached hydrogen (secondary N) is 2. The van der Waals surface area contributed by atoms with Crippen LogP contribution >= 0.6 is 23.1 Å². The summed E-state index contributed by atoms with van der Waals surface area (Å²) >= 11 is 2.73.